The molecule has 3 rings (SSSR count). The number of guanidine groups is 1. The lowest BCUT2D eigenvalue weighted by Gasteiger charge is -2.14. The summed E-state index contributed by atoms with van der Waals surface area (Å²) in [6.45, 7) is 2.14. The van der Waals surface area contributed by atoms with Gasteiger partial charge in [0.15, 0.2) is 17.5 Å². The van der Waals surface area contributed by atoms with E-state index in [9.17, 15) is 0 Å². The second-order valence-corrected chi connectivity index (χ2v) is 5.93. The third-order valence-electron chi connectivity index (χ3n) is 4.10. The number of hydrogen-bond donors (Lipinski definition) is 2. The molecule has 0 saturated carbocycles. The summed E-state index contributed by atoms with van der Waals surface area (Å²) in [6, 6.07) is 13.9. The molecule has 0 aromatic heterocycles. The maximum Gasteiger partial charge on any atom is 0.195 e. The van der Waals surface area contributed by atoms with E-state index in [-0.39, 0.29) is 0 Å². The first-order valence-corrected chi connectivity index (χ1v) is 8.79. The lowest BCUT2D eigenvalue weighted by molar-refractivity contribution is 0.297. The van der Waals surface area contributed by atoms with Crippen LogP contribution >= 0.6 is 0 Å². The predicted octanol–water partition coefficient (Wildman–Crippen LogP) is 3.09. The van der Waals surface area contributed by atoms with E-state index >= 15 is 0 Å². The van der Waals surface area contributed by atoms with Crippen LogP contribution in [0, 0.1) is 0 Å². The minimum absolute atomic E-state index is 0.672. The van der Waals surface area contributed by atoms with Crippen molar-refractivity contribution >= 4 is 11.6 Å². The fourth-order valence-corrected chi connectivity index (χ4v) is 2.67. The first-order valence-electron chi connectivity index (χ1n) is 8.79. The number of nitrogens with one attached hydrogen (secondary N) is 2. The van der Waals surface area contributed by atoms with Gasteiger partial charge in [0.1, 0.15) is 5.75 Å². The van der Waals surface area contributed by atoms with Gasteiger partial charge in [0.05, 0.1) is 20.3 Å². The molecular weight excluding hydrogens is 330 g/mol. The third kappa shape index (κ3) is 4.81. The first kappa shape index (κ1) is 17.9. The molecule has 0 spiro atoms. The molecule has 6 nitrogen and oxygen atoms in total. The van der Waals surface area contributed by atoms with Crippen LogP contribution in [0.3, 0.4) is 0 Å². The molecule has 138 valence electrons. The Labute approximate surface area is 154 Å². The van der Waals surface area contributed by atoms with Crippen LogP contribution in [-0.4, -0.2) is 39.9 Å². The van der Waals surface area contributed by atoms with Gasteiger partial charge in [-0.1, -0.05) is 12.1 Å². The van der Waals surface area contributed by atoms with Crippen molar-refractivity contribution in [3.05, 3.63) is 48.0 Å². The van der Waals surface area contributed by atoms with Gasteiger partial charge in [0.2, 0.25) is 0 Å². The summed E-state index contributed by atoms with van der Waals surface area (Å²) in [5, 5.41) is 6.61. The Hall–Kier alpha value is -2.89. The average Bonchev–Trinajstić information content (AvgIpc) is 2.92. The lowest BCUT2D eigenvalue weighted by atomic mass is 10.1. The van der Waals surface area contributed by atoms with Gasteiger partial charge in [0.25, 0.3) is 0 Å². The van der Waals surface area contributed by atoms with Crippen molar-refractivity contribution in [2.24, 2.45) is 4.99 Å². The van der Waals surface area contributed by atoms with Crippen molar-refractivity contribution in [1.29, 1.82) is 0 Å². The highest BCUT2D eigenvalue weighted by molar-refractivity contribution is 5.93. The quantitative estimate of drug-likeness (QED) is 0.637. The van der Waals surface area contributed by atoms with Crippen molar-refractivity contribution in [1.82, 2.24) is 5.32 Å². The van der Waals surface area contributed by atoms with Crippen LogP contribution in [0.2, 0.25) is 0 Å². The van der Waals surface area contributed by atoms with E-state index < -0.39 is 0 Å². The Kier molecular flexibility index (Phi) is 6.19. The van der Waals surface area contributed by atoms with E-state index in [4.69, 9.17) is 14.2 Å². The first-order chi connectivity index (χ1) is 12.8. The zero-order valence-corrected chi connectivity index (χ0v) is 15.2. The van der Waals surface area contributed by atoms with E-state index in [1.165, 1.54) is 5.56 Å². The summed E-state index contributed by atoms with van der Waals surface area (Å²) >= 11 is 0. The van der Waals surface area contributed by atoms with Gasteiger partial charge >= 0.3 is 0 Å². The lowest BCUT2D eigenvalue weighted by Crippen LogP contribution is -2.32. The number of fused-ring (bicyclic) bond motifs is 1. The third-order valence-corrected chi connectivity index (χ3v) is 4.10. The van der Waals surface area contributed by atoms with Crippen LogP contribution in [0.25, 0.3) is 0 Å². The Bertz CT molecular complexity index is 744. The van der Waals surface area contributed by atoms with Crippen molar-refractivity contribution < 1.29 is 14.2 Å². The number of hydrogen-bond acceptors (Lipinski definition) is 4. The number of rotatable bonds is 5. The molecule has 0 radical (unpaired) electrons. The van der Waals surface area contributed by atoms with Gasteiger partial charge in [-0.05, 0) is 36.2 Å². The topological polar surface area (TPSA) is 64.1 Å². The molecule has 0 fully saturated rings. The number of ether oxygens (including phenoxy) is 3. The molecule has 2 aromatic carbocycles. The average molecular weight is 355 g/mol. The van der Waals surface area contributed by atoms with Gasteiger partial charge in [0, 0.05) is 31.8 Å². The molecule has 2 N–H and O–H groups in total. The van der Waals surface area contributed by atoms with E-state index in [1.54, 1.807) is 14.2 Å². The Morgan fingerprint density at radius 2 is 1.85 bits per heavy atom. The summed E-state index contributed by atoms with van der Waals surface area (Å²) in [4.78, 5) is 4.27. The van der Waals surface area contributed by atoms with E-state index in [1.807, 2.05) is 30.3 Å². The fraction of sp³-hybridized carbons (Fsp3) is 0.350. The zero-order valence-electron chi connectivity index (χ0n) is 15.2. The number of nitrogens with zero attached hydrogens (tertiary/aromatic N) is 1. The number of aliphatic imine (C=N–C) groups is 1. The predicted molar refractivity (Wildman–Crippen MR) is 104 cm³/mol. The second kappa shape index (κ2) is 8.99. The number of benzene rings is 2. The molecule has 26 heavy (non-hydrogen) atoms. The minimum atomic E-state index is 0.672. The van der Waals surface area contributed by atoms with Crippen LogP contribution in [0.15, 0.2) is 47.5 Å². The van der Waals surface area contributed by atoms with Crippen LogP contribution in [-0.2, 0) is 6.42 Å². The Morgan fingerprint density at radius 1 is 1.08 bits per heavy atom. The van der Waals surface area contributed by atoms with Gasteiger partial charge in [-0.25, -0.2) is 0 Å². The molecule has 6 heteroatoms. The van der Waals surface area contributed by atoms with E-state index in [2.05, 4.69) is 27.8 Å². The van der Waals surface area contributed by atoms with Crippen molar-refractivity contribution in [3.8, 4) is 17.2 Å². The molecule has 0 saturated heterocycles. The highest BCUT2D eigenvalue weighted by atomic mass is 16.5. The Balaban J connectivity index is 1.53. The summed E-state index contributed by atoms with van der Waals surface area (Å²) in [5.74, 6) is 3.14. The van der Waals surface area contributed by atoms with Gasteiger partial charge in [-0.2, -0.15) is 0 Å². The number of methoxy groups -OCH3 is 1. The Morgan fingerprint density at radius 3 is 2.58 bits per heavy atom. The summed E-state index contributed by atoms with van der Waals surface area (Å²) in [7, 11) is 3.43. The molecule has 2 aromatic rings. The molecule has 1 heterocycles. The van der Waals surface area contributed by atoms with Gasteiger partial charge in [-0.15, -0.1) is 0 Å². The highest BCUT2D eigenvalue weighted by Gasteiger charge is 2.11. The van der Waals surface area contributed by atoms with Crippen molar-refractivity contribution in [3.63, 3.8) is 0 Å². The molecule has 0 bridgehead atoms. The zero-order chi connectivity index (χ0) is 18.2. The second-order valence-electron chi connectivity index (χ2n) is 5.93. The maximum atomic E-state index is 5.73. The minimum Gasteiger partial charge on any atom is -0.497 e. The SMILES string of the molecule is CN=C(NCCc1ccc(OC)cc1)Nc1ccc2c(c1)OCCCO2. The van der Waals surface area contributed by atoms with Crippen LogP contribution in [0.4, 0.5) is 5.69 Å². The van der Waals surface area contributed by atoms with E-state index in [0.717, 1.165) is 42.3 Å². The molecular formula is C20H25N3O3. The normalized spacial score (nSPS) is 13.7. The standard InChI is InChI=1S/C20H25N3O3/c1-21-20(22-11-10-15-4-7-17(24-2)8-5-15)23-16-6-9-18-19(14-16)26-13-3-12-25-18/h4-9,14H,3,10-13H2,1-2H3,(H2,21,22,23). The molecule has 1 aliphatic heterocycles. The summed E-state index contributed by atoms with van der Waals surface area (Å²) in [5.41, 5.74) is 2.15. The van der Waals surface area contributed by atoms with Gasteiger partial charge in [-0.3, -0.25) is 4.99 Å². The summed E-state index contributed by atoms with van der Waals surface area (Å²) in [6.07, 6.45) is 1.79. The van der Waals surface area contributed by atoms with E-state index in [0.29, 0.717) is 19.2 Å². The van der Waals surface area contributed by atoms with Gasteiger partial charge < -0.3 is 24.8 Å². The summed E-state index contributed by atoms with van der Waals surface area (Å²) < 4.78 is 16.6. The van der Waals surface area contributed by atoms with Crippen LogP contribution < -0.4 is 24.8 Å². The van der Waals surface area contributed by atoms with Crippen LogP contribution in [0.1, 0.15) is 12.0 Å². The molecule has 0 aliphatic carbocycles. The number of anilines is 1. The van der Waals surface area contributed by atoms with Crippen molar-refractivity contribution in [2.75, 3.05) is 39.2 Å². The molecule has 0 unspecified atom stereocenters. The monoisotopic (exact) mass is 355 g/mol. The highest BCUT2D eigenvalue weighted by Crippen LogP contribution is 2.32. The fourth-order valence-electron chi connectivity index (χ4n) is 2.67. The van der Waals surface area contributed by atoms with Crippen LogP contribution in [0.5, 0.6) is 17.2 Å². The largest absolute Gasteiger partial charge is 0.497 e. The molecule has 0 atom stereocenters. The van der Waals surface area contributed by atoms with Crippen molar-refractivity contribution in [2.45, 2.75) is 12.8 Å². The maximum absolute atomic E-state index is 5.73. The molecule has 1 aliphatic rings. The smallest absolute Gasteiger partial charge is 0.195 e. The molecule has 0 amide bonds.